The molecule has 1 fully saturated rings. The second-order valence-electron chi connectivity index (χ2n) is 4.37. The number of carbonyl (C=O) groups excluding carboxylic acids is 1. The van der Waals surface area contributed by atoms with Gasteiger partial charge in [-0.05, 0) is 6.07 Å². The number of sulfone groups is 1. The van der Waals surface area contributed by atoms with Crippen LogP contribution in [0, 0.1) is 0 Å². The third-order valence-electron chi connectivity index (χ3n) is 3.24. The predicted molar refractivity (Wildman–Crippen MR) is 69.9 cm³/mol. The molecule has 0 unspecified atom stereocenters. The van der Waals surface area contributed by atoms with Crippen LogP contribution >= 0.6 is 0 Å². The van der Waals surface area contributed by atoms with Gasteiger partial charge in [0.25, 0.3) is 5.91 Å². The fourth-order valence-electron chi connectivity index (χ4n) is 1.88. The fraction of sp³-hybridized carbons (Fsp3) is 0.500. The van der Waals surface area contributed by atoms with E-state index in [0.717, 1.165) is 0 Å². The van der Waals surface area contributed by atoms with Crippen molar-refractivity contribution in [3.8, 4) is 5.88 Å². The second-order valence-corrected chi connectivity index (χ2v) is 6.94. The highest BCUT2D eigenvalue weighted by Gasteiger charge is 2.38. The summed E-state index contributed by atoms with van der Waals surface area (Å²) < 4.78 is 28.1. The van der Waals surface area contributed by atoms with Crippen molar-refractivity contribution in [3.63, 3.8) is 0 Å². The largest absolute Gasteiger partial charge is 0.481 e. The van der Waals surface area contributed by atoms with Gasteiger partial charge in [0.1, 0.15) is 0 Å². The minimum atomic E-state index is -3.05. The first-order chi connectivity index (χ1) is 8.97. The Morgan fingerprint density at radius 3 is 2.63 bits per heavy atom. The fourth-order valence-corrected chi connectivity index (χ4v) is 3.16. The molecule has 2 heterocycles. The normalized spacial score (nSPS) is 16.0. The van der Waals surface area contributed by atoms with Crippen LogP contribution in [0.3, 0.4) is 0 Å². The molecule has 1 saturated heterocycles. The maximum absolute atomic E-state index is 12.0. The number of likely N-dealkylation sites (tertiary alicyclic amines) is 1. The highest BCUT2D eigenvalue weighted by Crippen LogP contribution is 2.20. The zero-order chi connectivity index (χ0) is 14.0. The summed E-state index contributed by atoms with van der Waals surface area (Å²) in [5.41, 5.74) is 0.438. The topological polar surface area (TPSA) is 76.6 Å². The molecule has 1 aromatic rings. The molecular formula is C12H16N2O4S. The molecule has 104 valence electrons. The molecule has 19 heavy (non-hydrogen) atoms. The van der Waals surface area contributed by atoms with Gasteiger partial charge < -0.3 is 9.64 Å². The van der Waals surface area contributed by atoms with E-state index < -0.39 is 15.1 Å². The van der Waals surface area contributed by atoms with Crippen molar-refractivity contribution in [2.24, 2.45) is 0 Å². The Labute approximate surface area is 112 Å². The number of carbonyl (C=O) groups is 1. The van der Waals surface area contributed by atoms with Crippen LogP contribution in [-0.2, 0) is 9.84 Å². The van der Waals surface area contributed by atoms with E-state index in [0.29, 0.717) is 11.4 Å². The summed E-state index contributed by atoms with van der Waals surface area (Å²) >= 11 is 0. The molecular weight excluding hydrogens is 268 g/mol. The number of amides is 1. The van der Waals surface area contributed by atoms with E-state index in [1.807, 2.05) is 0 Å². The molecule has 0 saturated carbocycles. The van der Waals surface area contributed by atoms with Gasteiger partial charge in [-0.2, -0.15) is 0 Å². The third-order valence-corrected chi connectivity index (χ3v) is 5.36. The predicted octanol–water partition coefficient (Wildman–Crippen LogP) is 0.349. The van der Waals surface area contributed by atoms with E-state index >= 15 is 0 Å². The van der Waals surface area contributed by atoms with E-state index in [1.165, 1.54) is 18.2 Å². The lowest BCUT2D eigenvalue weighted by atomic mass is 10.1. The summed E-state index contributed by atoms with van der Waals surface area (Å²) in [6.07, 6.45) is 1.43. The second kappa shape index (κ2) is 5.16. The highest BCUT2D eigenvalue weighted by molar-refractivity contribution is 7.92. The summed E-state index contributed by atoms with van der Waals surface area (Å²) in [5.74, 6) is 0.355. The van der Waals surface area contributed by atoms with Crippen molar-refractivity contribution in [3.05, 3.63) is 23.9 Å². The molecule has 1 aromatic heterocycles. The van der Waals surface area contributed by atoms with E-state index in [9.17, 15) is 13.2 Å². The van der Waals surface area contributed by atoms with Gasteiger partial charge in [0.2, 0.25) is 5.88 Å². The van der Waals surface area contributed by atoms with Gasteiger partial charge in [-0.15, -0.1) is 0 Å². The zero-order valence-electron chi connectivity index (χ0n) is 10.9. The number of rotatable bonds is 4. The summed E-state index contributed by atoms with van der Waals surface area (Å²) in [6.45, 7) is 2.15. The van der Waals surface area contributed by atoms with Crippen LogP contribution in [0.1, 0.15) is 17.3 Å². The maximum atomic E-state index is 12.0. The summed E-state index contributed by atoms with van der Waals surface area (Å²) in [6, 6.07) is 3.23. The lowest BCUT2D eigenvalue weighted by Gasteiger charge is -2.38. The van der Waals surface area contributed by atoms with Gasteiger partial charge in [0.15, 0.2) is 9.84 Å². The lowest BCUT2D eigenvalue weighted by Crippen LogP contribution is -2.57. The Hall–Kier alpha value is -1.63. The Morgan fingerprint density at radius 1 is 1.47 bits per heavy atom. The Kier molecular flexibility index (Phi) is 3.75. The van der Waals surface area contributed by atoms with Gasteiger partial charge in [-0.1, -0.05) is 6.92 Å². The SMILES string of the molecule is CCS(=O)(=O)C1CN(C(=O)c2ccc(OC)nc2)C1. The number of pyridine rings is 1. The highest BCUT2D eigenvalue weighted by atomic mass is 32.2. The Bertz CT molecular complexity index is 562. The minimum absolute atomic E-state index is 0.115. The van der Waals surface area contributed by atoms with Crippen molar-refractivity contribution in [1.82, 2.24) is 9.88 Å². The Balaban J connectivity index is 1.99. The quantitative estimate of drug-likeness (QED) is 0.797. The average Bonchev–Trinajstić information content (AvgIpc) is 2.36. The van der Waals surface area contributed by atoms with Crippen LogP contribution in [0.25, 0.3) is 0 Å². The molecule has 0 radical (unpaired) electrons. The van der Waals surface area contributed by atoms with Gasteiger partial charge in [-0.25, -0.2) is 13.4 Å². The van der Waals surface area contributed by atoms with Gasteiger partial charge in [0.05, 0.1) is 17.9 Å². The Morgan fingerprint density at radius 2 is 2.16 bits per heavy atom. The number of ether oxygens (including phenoxy) is 1. The summed E-state index contributed by atoms with van der Waals surface area (Å²) in [7, 11) is -1.55. The third kappa shape index (κ3) is 2.70. The summed E-state index contributed by atoms with van der Waals surface area (Å²) in [4.78, 5) is 17.5. The zero-order valence-corrected chi connectivity index (χ0v) is 11.7. The summed E-state index contributed by atoms with van der Waals surface area (Å²) in [5, 5.41) is -0.423. The van der Waals surface area contributed by atoms with Crippen molar-refractivity contribution in [2.45, 2.75) is 12.2 Å². The molecule has 0 aromatic carbocycles. The minimum Gasteiger partial charge on any atom is -0.481 e. The van der Waals surface area contributed by atoms with Gasteiger partial charge >= 0.3 is 0 Å². The van der Waals surface area contributed by atoms with Gasteiger partial charge in [-0.3, -0.25) is 4.79 Å². The molecule has 0 atom stereocenters. The van der Waals surface area contributed by atoms with Crippen LogP contribution in [-0.4, -0.2) is 55.4 Å². The number of aromatic nitrogens is 1. The van der Waals surface area contributed by atoms with Crippen LogP contribution in [0.15, 0.2) is 18.3 Å². The molecule has 1 aliphatic rings. The van der Waals surface area contributed by atoms with Crippen molar-refractivity contribution < 1.29 is 17.9 Å². The molecule has 0 spiro atoms. The van der Waals surface area contributed by atoms with Crippen molar-refractivity contribution in [1.29, 1.82) is 0 Å². The number of hydrogen-bond donors (Lipinski definition) is 0. The molecule has 0 N–H and O–H groups in total. The number of nitrogens with zero attached hydrogens (tertiary/aromatic N) is 2. The van der Waals surface area contributed by atoms with E-state index in [4.69, 9.17) is 4.74 Å². The van der Waals surface area contributed by atoms with Crippen molar-refractivity contribution in [2.75, 3.05) is 26.0 Å². The molecule has 6 nitrogen and oxygen atoms in total. The first kappa shape index (κ1) is 13.8. The van der Waals surface area contributed by atoms with Crippen LogP contribution in [0.5, 0.6) is 5.88 Å². The van der Waals surface area contributed by atoms with Crippen LogP contribution in [0.4, 0.5) is 0 Å². The number of methoxy groups -OCH3 is 1. The molecule has 0 aliphatic carbocycles. The van der Waals surface area contributed by atoms with E-state index in [-0.39, 0.29) is 24.7 Å². The van der Waals surface area contributed by atoms with Gasteiger partial charge in [0, 0.05) is 31.1 Å². The van der Waals surface area contributed by atoms with E-state index in [1.54, 1.807) is 19.1 Å². The van der Waals surface area contributed by atoms with Crippen molar-refractivity contribution >= 4 is 15.7 Å². The molecule has 1 aliphatic heterocycles. The van der Waals surface area contributed by atoms with Crippen LogP contribution in [0.2, 0.25) is 0 Å². The molecule has 1 amide bonds. The molecule has 7 heteroatoms. The van der Waals surface area contributed by atoms with E-state index in [2.05, 4.69) is 4.98 Å². The first-order valence-electron chi connectivity index (χ1n) is 5.99. The first-order valence-corrected chi connectivity index (χ1v) is 7.70. The average molecular weight is 284 g/mol. The van der Waals surface area contributed by atoms with Crippen LogP contribution < -0.4 is 4.74 Å². The molecule has 0 bridgehead atoms. The molecule has 2 rings (SSSR count). The lowest BCUT2D eigenvalue weighted by molar-refractivity contribution is 0.0658. The monoisotopic (exact) mass is 284 g/mol. The number of hydrogen-bond acceptors (Lipinski definition) is 5. The maximum Gasteiger partial charge on any atom is 0.255 e. The standard InChI is InChI=1S/C12H16N2O4S/c1-3-19(16,17)10-7-14(8-10)12(15)9-4-5-11(18-2)13-6-9/h4-6,10H,3,7-8H2,1-2H3. The smallest absolute Gasteiger partial charge is 0.255 e.